The first kappa shape index (κ1) is 17.6. The molecule has 1 aliphatic heterocycles. The molecule has 6 heteroatoms. The number of ketones is 1. The van der Waals surface area contributed by atoms with Gasteiger partial charge in [-0.25, -0.2) is 4.39 Å². The van der Waals surface area contributed by atoms with Crippen LogP contribution < -0.4 is 4.90 Å². The summed E-state index contributed by atoms with van der Waals surface area (Å²) in [6.07, 6.45) is 1.48. The Balaban J connectivity index is 1.95. The highest BCUT2D eigenvalue weighted by atomic mass is 19.1. The maximum atomic E-state index is 13.4. The molecule has 1 aromatic heterocycles. The third-order valence-corrected chi connectivity index (χ3v) is 4.57. The van der Waals surface area contributed by atoms with Gasteiger partial charge < -0.3 is 5.11 Å². The molecule has 1 amide bonds. The van der Waals surface area contributed by atoms with Crippen molar-refractivity contribution in [3.8, 4) is 0 Å². The third-order valence-electron chi connectivity index (χ3n) is 4.57. The lowest BCUT2D eigenvalue weighted by Gasteiger charge is -2.25. The van der Waals surface area contributed by atoms with Gasteiger partial charge in [0, 0.05) is 11.9 Å². The molecule has 1 fully saturated rings. The van der Waals surface area contributed by atoms with Crippen LogP contribution in [0, 0.1) is 5.82 Å². The molecule has 2 heterocycles. The maximum absolute atomic E-state index is 13.4. The molecule has 1 saturated heterocycles. The van der Waals surface area contributed by atoms with Crippen LogP contribution in [0.4, 0.5) is 10.1 Å². The van der Waals surface area contributed by atoms with E-state index >= 15 is 0 Å². The van der Waals surface area contributed by atoms with E-state index in [1.54, 1.807) is 48.5 Å². The zero-order valence-corrected chi connectivity index (χ0v) is 14.6. The number of hydrogen-bond acceptors (Lipinski definition) is 4. The Labute approximate surface area is 160 Å². The van der Waals surface area contributed by atoms with Crippen LogP contribution in [-0.2, 0) is 9.59 Å². The number of anilines is 1. The number of benzene rings is 2. The number of aliphatic hydroxyl groups is 1. The number of amides is 1. The highest BCUT2D eigenvalue weighted by Gasteiger charge is 2.47. The summed E-state index contributed by atoms with van der Waals surface area (Å²) < 4.78 is 13.4. The molecule has 28 heavy (non-hydrogen) atoms. The maximum Gasteiger partial charge on any atom is 0.300 e. The fraction of sp³-hybridized carbons (Fsp3) is 0.0455. The predicted molar refractivity (Wildman–Crippen MR) is 102 cm³/mol. The van der Waals surface area contributed by atoms with E-state index < -0.39 is 23.5 Å². The van der Waals surface area contributed by atoms with E-state index in [1.807, 2.05) is 0 Å². The number of halogens is 1. The number of Topliss-reactive ketones (excluding diaryl/α,β-unsaturated/α-hetero) is 1. The molecule has 0 bridgehead atoms. The van der Waals surface area contributed by atoms with Gasteiger partial charge in [0.25, 0.3) is 11.7 Å². The van der Waals surface area contributed by atoms with Gasteiger partial charge in [-0.1, -0.05) is 36.4 Å². The van der Waals surface area contributed by atoms with Gasteiger partial charge >= 0.3 is 0 Å². The van der Waals surface area contributed by atoms with E-state index in [2.05, 4.69) is 4.98 Å². The van der Waals surface area contributed by atoms with E-state index in [-0.39, 0.29) is 17.0 Å². The highest BCUT2D eigenvalue weighted by molar-refractivity contribution is 6.51. The van der Waals surface area contributed by atoms with Crippen LogP contribution in [-0.4, -0.2) is 21.8 Å². The molecule has 0 aliphatic carbocycles. The second kappa shape index (κ2) is 7.08. The van der Waals surface area contributed by atoms with Crippen molar-refractivity contribution in [1.29, 1.82) is 0 Å². The zero-order valence-electron chi connectivity index (χ0n) is 14.6. The molecule has 0 radical (unpaired) electrons. The zero-order chi connectivity index (χ0) is 19.7. The topological polar surface area (TPSA) is 70.5 Å². The molecule has 4 rings (SSSR count). The first-order chi connectivity index (χ1) is 13.6. The van der Waals surface area contributed by atoms with Crippen molar-refractivity contribution in [2.75, 3.05) is 4.90 Å². The average Bonchev–Trinajstić information content (AvgIpc) is 3.00. The fourth-order valence-electron chi connectivity index (χ4n) is 3.29. The van der Waals surface area contributed by atoms with Gasteiger partial charge in [-0.3, -0.25) is 19.5 Å². The molecular weight excluding hydrogens is 359 g/mol. The van der Waals surface area contributed by atoms with Crippen molar-refractivity contribution in [3.05, 3.63) is 102 Å². The number of carbonyl (C=O) groups is 2. The van der Waals surface area contributed by atoms with Crippen molar-refractivity contribution >= 4 is 23.1 Å². The number of nitrogens with zero attached hydrogens (tertiary/aromatic N) is 2. The fourth-order valence-corrected chi connectivity index (χ4v) is 3.29. The van der Waals surface area contributed by atoms with Crippen molar-refractivity contribution in [1.82, 2.24) is 4.98 Å². The first-order valence-corrected chi connectivity index (χ1v) is 8.61. The standard InChI is InChI=1S/C22H15FN2O3/c23-15-11-9-14(10-12-15)19-18(20(26)17-8-4-5-13-24-17)21(27)22(28)25(19)16-6-2-1-3-7-16/h1-13,19,26H. The minimum absolute atomic E-state index is 0.0841. The Hall–Kier alpha value is -3.80. The van der Waals surface area contributed by atoms with Gasteiger partial charge in [0.15, 0.2) is 5.76 Å². The summed E-state index contributed by atoms with van der Waals surface area (Å²) in [5.41, 5.74) is 1.10. The van der Waals surface area contributed by atoms with Crippen LogP contribution in [0.2, 0.25) is 0 Å². The minimum Gasteiger partial charge on any atom is -0.505 e. The first-order valence-electron chi connectivity index (χ1n) is 8.61. The van der Waals surface area contributed by atoms with Gasteiger partial charge in [-0.2, -0.15) is 0 Å². The third kappa shape index (κ3) is 2.95. The summed E-state index contributed by atoms with van der Waals surface area (Å²) in [5, 5.41) is 10.8. The predicted octanol–water partition coefficient (Wildman–Crippen LogP) is 3.85. The quantitative estimate of drug-likeness (QED) is 0.430. The van der Waals surface area contributed by atoms with Gasteiger partial charge in [-0.15, -0.1) is 0 Å². The molecule has 1 N–H and O–H groups in total. The molecule has 0 spiro atoms. The molecule has 1 atom stereocenters. The van der Waals surface area contributed by atoms with Crippen molar-refractivity contribution in [3.63, 3.8) is 0 Å². The number of pyridine rings is 1. The largest absolute Gasteiger partial charge is 0.505 e. The summed E-state index contributed by atoms with van der Waals surface area (Å²) in [6.45, 7) is 0. The van der Waals surface area contributed by atoms with Crippen molar-refractivity contribution in [2.24, 2.45) is 0 Å². The second-order valence-electron chi connectivity index (χ2n) is 6.27. The highest BCUT2D eigenvalue weighted by Crippen LogP contribution is 2.41. The molecule has 2 aromatic carbocycles. The molecule has 5 nitrogen and oxygen atoms in total. The molecule has 3 aromatic rings. The van der Waals surface area contributed by atoms with Gasteiger partial charge in [0.2, 0.25) is 0 Å². The number of aromatic nitrogens is 1. The van der Waals surface area contributed by atoms with Crippen LogP contribution in [0.5, 0.6) is 0 Å². The summed E-state index contributed by atoms with van der Waals surface area (Å²) >= 11 is 0. The SMILES string of the molecule is O=C1C(=O)N(c2ccccc2)C(c2ccc(F)cc2)C1=C(O)c1ccccn1. The Morgan fingerprint density at radius 3 is 2.25 bits per heavy atom. The lowest BCUT2D eigenvalue weighted by Crippen LogP contribution is -2.29. The molecule has 138 valence electrons. The van der Waals surface area contributed by atoms with Gasteiger partial charge in [0.1, 0.15) is 11.5 Å². The molecule has 1 unspecified atom stereocenters. The van der Waals surface area contributed by atoms with Crippen LogP contribution in [0.25, 0.3) is 5.76 Å². The van der Waals surface area contributed by atoms with E-state index in [0.717, 1.165) is 0 Å². The van der Waals surface area contributed by atoms with Crippen molar-refractivity contribution in [2.45, 2.75) is 6.04 Å². The lowest BCUT2D eigenvalue weighted by atomic mass is 9.96. The van der Waals surface area contributed by atoms with Crippen LogP contribution in [0.1, 0.15) is 17.3 Å². The Bertz CT molecular complexity index is 1060. The minimum atomic E-state index is -0.898. The molecule has 1 aliphatic rings. The molecule has 0 saturated carbocycles. The van der Waals surface area contributed by atoms with E-state index in [1.165, 1.54) is 35.4 Å². The van der Waals surface area contributed by atoms with E-state index in [9.17, 15) is 19.1 Å². The monoisotopic (exact) mass is 374 g/mol. The van der Waals surface area contributed by atoms with Crippen LogP contribution in [0.3, 0.4) is 0 Å². The van der Waals surface area contributed by atoms with Crippen LogP contribution in [0.15, 0.2) is 84.6 Å². The Morgan fingerprint density at radius 1 is 0.929 bits per heavy atom. The Kier molecular flexibility index (Phi) is 4.45. The summed E-state index contributed by atoms with van der Waals surface area (Å²) in [7, 11) is 0. The van der Waals surface area contributed by atoms with E-state index in [4.69, 9.17) is 0 Å². The number of hydrogen-bond donors (Lipinski definition) is 1. The van der Waals surface area contributed by atoms with Gasteiger partial charge in [0.05, 0.1) is 11.6 Å². The van der Waals surface area contributed by atoms with Crippen LogP contribution >= 0.6 is 0 Å². The summed E-state index contributed by atoms with van der Waals surface area (Å²) in [4.78, 5) is 31.1. The normalized spacial score (nSPS) is 18.5. The van der Waals surface area contributed by atoms with E-state index in [0.29, 0.717) is 11.3 Å². The average molecular weight is 374 g/mol. The van der Waals surface area contributed by atoms with Crippen molar-refractivity contribution < 1.29 is 19.1 Å². The number of rotatable bonds is 3. The second-order valence-corrected chi connectivity index (χ2v) is 6.27. The number of para-hydroxylation sites is 1. The van der Waals surface area contributed by atoms with Gasteiger partial charge in [-0.05, 0) is 42.0 Å². The smallest absolute Gasteiger partial charge is 0.300 e. The number of carbonyl (C=O) groups excluding carboxylic acids is 2. The number of aliphatic hydroxyl groups excluding tert-OH is 1. The Morgan fingerprint density at radius 2 is 1.61 bits per heavy atom. The summed E-state index contributed by atoms with van der Waals surface area (Å²) in [6, 6.07) is 18.2. The summed E-state index contributed by atoms with van der Waals surface area (Å²) in [5.74, 6) is -2.39. The lowest BCUT2D eigenvalue weighted by molar-refractivity contribution is -0.132. The molecular formula is C22H15FN2O3.